The lowest BCUT2D eigenvalue weighted by atomic mass is 10.0. The second kappa shape index (κ2) is 8.37. The Bertz CT molecular complexity index is 1170. The molecule has 0 saturated carbocycles. The third-order valence-electron chi connectivity index (χ3n) is 5.00. The van der Waals surface area contributed by atoms with Gasteiger partial charge in [-0.2, -0.15) is 0 Å². The number of hydrogen-bond donors (Lipinski definition) is 4. The summed E-state index contributed by atoms with van der Waals surface area (Å²) in [7, 11) is 0. The molecule has 8 nitrogen and oxygen atoms in total. The molecule has 1 saturated heterocycles. The van der Waals surface area contributed by atoms with Crippen LogP contribution < -0.4 is 10.9 Å². The van der Waals surface area contributed by atoms with Crippen LogP contribution >= 0.6 is 31.9 Å². The predicted octanol–water partition coefficient (Wildman–Crippen LogP) is 2.07. The minimum atomic E-state index is -1.35. The van der Waals surface area contributed by atoms with Gasteiger partial charge in [0.15, 0.2) is 6.23 Å². The second-order valence-corrected chi connectivity index (χ2v) is 8.82. The SMILES string of the molecule is Cc1nc2c(Br)cc(Br)cc2c(=O)n1-c1ccccc1N[C@H]1OC[C@@H](O)[C@@H](O)[C@@H]1O. The molecule has 0 unspecified atom stereocenters. The smallest absolute Gasteiger partial charge is 0.266 e. The number of rotatable bonds is 3. The van der Waals surface area contributed by atoms with Gasteiger partial charge in [-0.25, -0.2) is 4.98 Å². The standard InChI is InChI=1S/C20H19Br2N3O5/c1-9-23-16-11(6-10(21)7-12(16)22)20(29)25(9)14-5-3-2-4-13(14)24-19-18(28)17(27)15(26)8-30-19/h2-7,15,17-19,24,26-28H,8H2,1H3/t15-,17-,18+,19+/m1/s1. The van der Waals surface area contributed by atoms with Crippen LogP contribution in [0.25, 0.3) is 16.6 Å². The van der Waals surface area contributed by atoms with Gasteiger partial charge < -0.3 is 25.4 Å². The van der Waals surface area contributed by atoms with E-state index in [1.54, 1.807) is 37.3 Å². The molecule has 0 radical (unpaired) electrons. The fourth-order valence-corrected chi connectivity index (χ4v) is 4.80. The number of hydrogen-bond acceptors (Lipinski definition) is 7. The molecule has 4 N–H and O–H groups in total. The molecule has 158 valence electrons. The second-order valence-electron chi connectivity index (χ2n) is 7.05. The van der Waals surface area contributed by atoms with Crippen molar-refractivity contribution in [2.24, 2.45) is 0 Å². The number of fused-ring (bicyclic) bond motifs is 1. The number of aromatic nitrogens is 2. The van der Waals surface area contributed by atoms with Gasteiger partial charge in [-0.1, -0.05) is 28.1 Å². The molecular formula is C20H19Br2N3O5. The molecule has 4 atom stereocenters. The van der Waals surface area contributed by atoms with E-state index in [1.165, 1.54) is 4.57 Å². The van der Waals surface area contributed by atoms with E-state index in [4.69, 9.17) is 4.74 Å². The minimum Gasteiger partial charge on any atom is -0.388 e. The lowest BCUT2D eigenvalue weighted by molar-refractivity contribution is -0.178. The Balaban J connectivity index is 1.81. The van der Waals surface area contributed by atoms with Crippen LogP contribution in [-0.4, -0.2) is 56.0 Å². The van der Waals surface area contributed by atoms with Gasteiger partial charge in [-0.15, -0.1) is 0 Å². The molecule has 3 aromatic rings. The Kier molecular flexibility index (Phi) is 5.97. The number of para-hydroxylation sites is 2. The van der Waals surface area contributed by atoms with Gasteiger partial charge in [0.25, 0.3) is 5.56 Å². The summed E-state index contributed by atoms with van der Waals surface area (Å²) in [5, 5.41) is 33.3. The molecule has 0 aliphatic carbocycles. The molecule has 2 heterocycles. The molecule has 1 aliphatic heterocycles. The van der Waals surface area contributed by atoms with Crippen molar-refractivity contribution >= 4 is 48.5 Å². The van der Waals surface area contributed by atoms with Crippen molar-refractivity contribution in [3.63, 3.8) is 0 Å². The molecule has 2 aromatic carbocycles. The number of ether oxygens (including phenoxy) is 1. The summed E-state index contributed by atoms with van der Waals surface area (Å²) < 4.78 is 8.37. The van der Waals surface area contributed by atoms with E-state index in [9.17, 15) is 20.1 Å². The van der Waals surface area contributed by atoms with Crippen LogP contribution in [0.2, 0.25) is 0 Å². The molecule has 0 spiro atoms. The van der Waals surface area contributed by atoms with Gasteiger partial charge in [-0.3, -0.25) is 9.36 Å². The molecule has 0 bridgehead atoms. The van der Waals surface area contributed by atoms with Crippen molar-refractivity contribution in [1.82, 2.24) is 9.55 Å². The van der Waals surface area contributed by atoms with Crippen molar-refractivity contribution in [3.05, 3.63) is 61.5 Å². The largest absolute Gasteiger partial charge is 0.388 e. The fraction of sp³-hybridized carbons (Fsp3) is 0.300. The fourth-order valence-electron chi connectivity index (χ4n) is 3.48. The van der Waals surface area contributed by atoms with E-state index < -0.39 is 24.5 Å². The van der Waals surface area contributed by atoms with Crippen LogP contribution in [0.5, 0.6) is 0 Å². The summed E-state index contributed by atoms with van der Waals surface area (Å²) >= 11 is 6.86. The van der Waals surface area contributed by atoms with Gasteiger partial charge in [-0.05, 0) is 47.1 Å². The molecule has 0 amide bonds. The summed E-state index contributed by atoms with van der Waals surface area (Å²) in [5.74, 6) is 0.477. The number of benzene rings is 2. The zero-order valence-electron chi connectivity index (χ0n) is 15.8. The third-order valence-corrected chi connectivity index (χ3v) is 6.06. The average molecular weight is 541 g/mol. The van der Waals surface area contributed by atoms with Crippen molar-refractivity contribution in [3.8, 4) is 5.69 Å². The Morgan fingerprint density at radius 1 is 1.17 bits per heavy atom. The van der Waals surface area contributed by atoms with Gasteiger partial charge in [0.05, 0.1) is 28.9 Å². The highest BCUT2D eigenvalue weighted by Crippen LogP contribution is 2.28. The van der Waals surface area contributed by atoms with E-state index in [0.29, 0.717) is 32.6 Å². The normalized spacial score (nSPS) is 24.2. The zero-order chi connectivity index (χ0) is 21.6. The van der Waals surface area contributed by atoms with Gasteiger partial charge in [0.2, 0.25) is 0 Å². The Morgan fingerprint density at radius 2 is 1.90 bits per heavy atom. The molecule has 1 aromatic heterocycles. The monoisotopic (exact) mass is 539 g/mol. The number of aliphatic hydroxyl groups is 3. The molecule has 1 aliphatic rings. The third kappa shape index (κ3) is 3.79. The van der Waals surface area contributed by atoms with Crippen LogP contribution in [-0.2, 0) is 4.74 Å². The first-order valence-electron chi connectivity index (χ1n) is 9.18. The molecular weight excluding hydrogens is 522 g/mol. The Hall–Kier alpha value is -1.82. The van der Waals surface area contributed by atoms with Crippen molar-refractivity contribution in [1.29, 1.82) is 0 Å². The lowest BCUT2D eigenvalue weighted by Crippen LogP contribution is -2.55. The van der Waals surface area contributed by atoms with E-state index in [-0.39, 0.29) is 12.2 Å². The Labute approximate surface area is 188 Å². The highest BCUT2D eigenvalue weighted by atomic mass is 79.9. The summed E-state index contributed by atoms with van der Waals surface area (Å²) in [6, 6.07) is 10.6. The van der Waals surface area contributed by atoms with Crippen LogP contribution in [0.4, 0.5) is 5.69 Å². The van der Waals surface area contributed by atoms with Crippen LogP contribution in [0.15, 0.2) is 50.1 Å². The first kappa shape index (κ1) is 21.4. The predicted molar refractivity (Wildman–Crippen MR) is 119 cm³/mol. The van der Waals surface area contributed by atoms with E-state index in [2.05, 4.69) is 42.2 Å². The van der Waals surface area contributed by atoms with Crippen LogP contribution in [0.1, 0.15) is 5.82 Å². The number of nitrogens with one attached hydrogen (secondary N) is 1. The minimum absolute atomic E-state index is 0.128. The van der Waals surface area contributed by atoms with Crippen LogP contribution in [0, 0.1) is 6.92 Å². The molecule has 30 heavy (non-hydrogen) atoms. The topological polar surface area (TPSA) is 117 Å². The average Bonchev–Trinajstić information content (AvgIpc) is 2.70. The van der Waals surface area contributed by atoms with Gasteiger partial charge in [0.1, 0.15) is 24.1 Å². The highest BCUT2D eigenvalue weighted by Gasteiger charge is 2.37. The molecule has 1 fully saturated rings. The van der Waals surface area contributed by atoms with Crippen LogP contribution in [0.3, 0.4) is 0 Å². The maximum absolute atomic E-state index is 13.4. The van der Waals surface area contributed by atoms with Crippen molar-refractivity contribution < 1.29 is 20.1 Å². The molecule has 10 heteroatoms. The van der Waals surface area contributed by atoms with E-state index in [1.807, 2.05) is 6.07 Å². The number of nitrogens with zero attached hydrogens (tertiary/aromatic N) is 2. The number of aryl methyl sites for hydroxylation is 1. The summed E-state index contributed by atoms with van der Waals surface area (Å²) in [4.78, 5) is 17.9. The number of anilines is 1. The Morgan fingerprint density at radius 3 is 2.67 bits per heavy atom. The first-order valence-corrected chi connectivity index (χ1v) is 10.8. The first-order chi connectivity index (χ1) is 14.3. The quantitative estimate of drug-likeness (QED) is 0.402. The maximum Gasteiger partial charge on any atom is 0.266 e. The van der Waals surface area contributed by atoms with Gasteiger partial charge >= 0.3 is 0 Å². The number of halogens is 2. The van der Waals surface area contributed by atoms with Crippen molar-refractivity contribution in [2.75, 3.05) is 11.9 Å². The van der Waals surface area contributed by atoms with E-state index in [0.717, 1.165) is 4.47 Å². The summed E-state index contributed by atoms with van der Waals surface area (Å²) in [6.07, 6.45) is -4.82. The van der Waals surface area contributed by atoms with E-state index >= 15 is 0 Å². The van der Waals surface area contributed by atoms with Crippen molar-refractivity contribution in [2.45, 2.75) is 31.5 Å². The lowest BCUT2D eigenvalue weighted by Gasteiger charge is -2.36. The highest BCUT2D eigenvalue weighted by molar-refractivity contribution is 9.11. The van der Waals surface area contributed by atoms with Gasteiger partial charge in [0, 0.05) is 8.95 Å². The summed E-state index contributed by atoms with van der Waals surface area (Å²) in [5.41, 5.74) is 1.33. The zero-order valence-corrected chi connectivity index (χ0v) is 19.0. The number of aliphatic hydroxyl groups excluding tert-OH is 3. The maximum atomic E-state index is 13.4. The molecule has 4 rings (SSSR count). The summed E-state index contributed by atoms with van der Waals surface area (Å²) in [6.45, 7) is 1.61.